The van der Waals surface area contributed by atoms with Gasteiger partial charge in [0.2, 0.25) is 5.75 Å². The number of benzene rings is 2. The van der Waals surface area contributed by atoms with Gasteiger partial charge in [-0.25, -0.2) is 0 Å². The van der Waals surface area contributed by atoms with Crippen LogP contribution in [0.3, 0.4) is 0 Å². The molecule has 7 heterocycles. The van der Waals surface area contributed by atoms with Gasteiger partial charge in [0.25, 0.3) is 0 Å². The summed E-state index contributed by atoms with van der Waals surface area (Å²) in [5.74, 6) is 7.16. The number of esters is 1. The summed E-state index contributed by atoms with van der Waals surface area (Å²) in [5.41, 5.74) is 10.1. The number of fused-ring (bicyclic) bond motifs is 8. The number of aromatic hydroxyl groups is 3. The van der Waals surface area contributed by atoms with E-state index in [9.17, 15) is 20.1 Å². The predicted molar refractivity (Wildman–Crippen MR) is 284 cm³/mol. The van der Waals surface area contributed by atoms with E-state index < -0.39 is 41.8 Å². The molecule has 4 aliphatic heterocycles. The summed E-state index contributed by atoms with van der Waals surface area (Å²) < 4.78 is 28.8. The van der Waals surface area contributed by atoms with Gasteiger partial charge in [0, 0.05) is 99.4 Å². The number of dihydropyridines is 1. The molecule has 2 aromatic carbocycles. The number of aromatic amines is 1. The maximum Gasteiger partial charge on any atom is 0.302 e. The summed E-state index contributed by atoms with van der Waals surface area (Å²) in [7, 11) is 1.99. The van der Waals surface area contributed by atoms with Crippen LogP contribution in [0.1, 0.15) is 74.4 Å². The van der Waals surface area contributed by atoms with Crippen LogP contribution >= 0.6 is 0 Å². The van der Waals surface area contributed by atoms with E-state index in [4.69, 9.17) is 29.7 Å². The molecule has 0 amide bonds. The van der Waals surface area contributed by atoms with Crippen molar-refractivity contribution in [3.63, 3.8) is 0 Å². The molecule has 2 aliphatic carbocycles. The molecule has 75 heavy (non-hydrogen) atoms. The van der Waals surface area contributed by atoms with Gasteiger partial charge in [-0.15, -0.1) is 0 Å². The zero-order chi connectivity index (χ0) is 51.6. The minimum Gasteiger partial charge on any atom is -0.504 e. The minimum atomic E-state index is -0.677. The normalized spacial score (nSPS) is 29.3. The number of nitrogens with zero attached hydrogens (tertiary/aromatic N) is 3. The van der Waals surface area contributed by atoms with Crippen LogP contribution in [0.5, 0.6) is 28.7 Å². The zero-order valence-electron chi connectivity index (χ0n) is 42.4. The fourth-order valence-corrected chi connectivity index (χ4v) is 12.5. The Balaban J connectivity index is 0.966. The lowest BCUT2D eigenvalue weighted by atomic mass is 9.62. The number of carbonyl (C=O) groups excluding carboxylic acids is 1. The Morgan fingerprint density at radius 1 is 1.09 bits per heavy atom. The van der Waals surface area contributed by atoms with Gasteiger partial charge in [-0.1, -0.05) is 42.2 Å². The third-order valence-electron chi connectivity index (χ3n) is 16.0. The molecule has 392 valence electrons. The molecule has 6 aliphatic rings. The van der Waals surface area contributed by atoms with Crippen molar-refractivity contribution in [1.82, 2.24) is 35.8 Å². The Labute approximate surface area is 436 Å². The van der Waals surface area contributed by atoms with Crippen LogP contribution in [-0.4, -0.2) is 98.9 Å². The van der Waals surface area contributed by atoms with Gasteiger partial charge in [-0.05, 0) is 110 Å². The van der Waals surface area contributed by atoms with E-state index in [-0.39, 0.29) is 59.4 Å². The van der Waals surface area contributed by atoms with E-state index in [1.54, 1.807) is 24.5 Å². The summed E-state index contributed by atoms with van der Waals surface area (Å²) in [5, 5.41) is 49.4. The van der Waals surface area contributed by atoms with Crippen LogP contribution in [0, 0.1) is 41.4 Å². The van der Waals surface area contributed by atoms with E-state index in [1.165, 1.54) is 18.6 Å². The Morgan fingerprint density at radius 3 is 2.83 bits per heavy atom. The second-order valence-electron chi connectivity index (χ2n) is 20.9. The highest BCUT2D eigenvalue weighted by Gasteiger charge is 2.57. The Hall–Kier alpha value is -7.55. The number of aliphatic imine (C=N–C) groups is 1. The first-order valence-electron chi connectivity index (χ1n) is 26.4. The van der Waals surface area contributed by atoms with Crippen LogP contribution in [0.15, 0.2) is 120 Å². The number of hydrogen-bond donors (Lipinski definition) is 9. The fourth-order valence-electron chi connectivity index (χ4n) is 12.5. The smallest absolute Gasteiger partial charge is 0.302 e. The number of allylic oxidation sites excluding steroid dienone is 3. The van der Waals surface area contributed by atoms with E-state index in [2.05, 4.69) is 84.3 Å². The second kappa shape index (κ2) is 21.4. The first kappa shape index (κ1) is 49.7. The molecule has 11 atom stereocenters. The van der Waals surface area contributed by atoms with E-state index in [1.807, 2.05) is 43.6 Å². The molecule has 2 saturated heterocycles. The number of guanidine groups is 1. The molecule has 17 heteroatoms. The zero-order valence-corrected chi connectivity index (χ0v) is 42.4. The number of pyridine rings is 1. The number of H-pyrrole nitrogens is 1. The standard InChI is InChI=1S/C58H67N9O8/c1-34(68)73-50-29-49(40-27-47(70)54(71)52(28-40)72-23-17-36-7-4-19-61-30-36)75-55-41(50)12-10-38-11-13-43-48(74-51-25-37(24-42(38)55)9-14-46(51)69)8-3-18-58(43)44(31-60-2)56(67-32-39-16-22-62-45(39)33-67)65-57(66-58)64-20-5-6-35-15-21-63-53(59)26-35/h4,7,9-10,12,14-16,19,22,25-28,30,32-33,38,41-44,48-50,55-56,60,62-63,69-71H,3,5-6,8,17-18,20-21,23-24,29,31,59H2,1-2H3,(H2,64,65,66). The van der Waals surface area contributed by atoms with Crippen molar-refractivity contribution in [2.45, 2.75) is 94.4 Å². The van der Waals surface area contributed by atoms with Gasteiger partial charge in [-0.3, -0.25) is 14.8 Å². The van der Waals surface area contributed by atoms with Crippen molar-refractivity contribution >= 4 is 22.8 Å². The van der Waals surface area contributed by atoms with Gasteiger partial charge < -0.3 is 70.8 Å². The number of carbonyl (C=O) groups is 1. The molecule has 11 rings (SSSR count). The Morgan fingerprint density at radius 2 is 2.00 bits per heavy atom. The second-order valence-corrected chi connectivity index (χ2v) is 20.9. The van der Waals surface area contributed by atoms with E-state index in [0.717, 1.165) is 47.7 Å². The number of rotatable bonds is 13. The molecule has 11 unspecified atom stereocenters. The van der Waals surface area contributed by atoms with Crippen LogP contribution < -0.4 is 36.5 Å². The van der Waals surface area contributed by atoms with Crippen LogP contribution in [0.2, 0.25) is 0 Å². The van der Waals surface area contributed by atoms with Gasteiger partial charge >= 0.3 is 5.97 Å². The highest BCUT2D eigenvalue weighted by Crippen LogP contribution is 2.50. The number of hydrogen-bond acceptors (Lipinski definition) is 13. The Kier molecular flexibility index (Phi) is 14.1. The first-order valence-corrected chi connectivity index (χ1v) is 26.4. The quantitative estimate of drug-likeness (QED) is 0.0201. The monoisotopic (exact) mass is 1020 g/mol. The lowest BCUT2D eigenvalue weighted by Gasteiger charge is -2.56. The van der Waals surface area contributed by atoms with E-state index in [0.29, 0.717) is 68.4 Å². The average molecular weight is 1020 g/mol. The third-order valence-corrected chi connectivity index (χ3v) is 16.0. The summed E-state index contributed by atoms with van der Waals surface area (Å²) in [6.07, 6.45) is 21.1. The molecular formula is C58H67N9O8. The molecule has 1 saturated carbocycles. The molecule has 17 nitrogen and oxygen atoms in total. The summed E-state index contributed by atoms with van der Waals surface area (Å²) in [6, 6.07) is 14.6. The maximum absolute atomic E-state index is 12.9. The average Bonchev–Trinajstić information content (AvgIpc) is 4.04. The van der Waals surface area contributed by atoms with Crippen molar-refractivity contribution < 1.29 is 39.1 Å². The first-order chi connectivity index (χ1) is 36.5. The van der Waals surface area contributed by atoms with Crippen molar-refractivity contribution in [3.05, 3.63) is 132 Å². The maximum atomic E-state index is 12.9. The highest BCUT2D eigenvalue weighted by atomic mass is 16.6. The number of phenolic OH excluding ortho intramolecular Hbond substituents is 3. The summed E-state index contributed by atoms with van der Waals surface area (Å²) in [4.78, 5) is 25.7. The number of nitrogens with two attached hydrogens (primary N) is 1. The molecule has 2 bridgehead atoms. The number of ether oxygens (including phenoxy) is 4. The fraction of sp³-hybridized carbons (Fsp3) is 0.431. The molecule has 5 aromatic rings. The minimum absolute atomic E-state index is 0.0462. The van der Waals surface area contributed by atoms with Gasteiger partial charge in [0.1, 0.15) is 18.4 Å². The van der Waals surface area contributed by atoms with Gasteiger partial charge in [-0.2, -0.15) is 0 Å². The van der Waals surface area contributed by atoms with Crippen LogP contribution in [0.4, 0.5) is 0 Å². The summed E-state index contributed by atoms with van der Waals surface area (Å²) >= 11 is 0. The lowest BCUT2D eigenvalue weighted by Crippen LogP contribution is -2.73. The largest absolute Gasteiger partial charge is 0.504 e. The molecule has 3 fully saturated rings. The van der Waals surface area contributed by atoms with Gasteiger partial charge in [0.05, 0.1) is 41.6 Å². The Bertz CT molecular complexity index is 3050. The SMILES string of the molecule is CNCC1C(n2cc3cc[nH]c3c2)NC(=NCCCC2=CCNC(N)=C2)NC12CCCC1Oc3cc(ccc3O)CC3C(C#CC12)C=CC1C(OC(C)=O)CC(c2cc(O)c(O)c(OCCc4cccnc4)c2)OC13. The molecular weight excluding hydrogens is 951 g/mol. The molecule has 0 radical (unpaired) electrons. The van der Waals surface area contributed by atoms with Crippen molar-refractivity contribution in [2.75, 3.05) is 33.3 Å². The molecule has 10 N–H and O–H groups in total. The van der Waals surface area contributed by atoms with Gasteiger partial charge in [0.15, 0.2) is 29.0 Å². The molecule has 1 spiro atoms. The van der Waals surface area contributed by atoms with Crippen molar-refractivity contribution in [2.24, 2.45) is 40.3 Å². The van der Waals surface area contributed by atoms with Crippen molar-refractivity contribution in [1.29, 1.82) is 0 Å². The molecule has 3 aromatic heterocycles. The number of nitrogens with one attached hydrogen (secondary N) is 5. The van der Waals surface area contributed by atoms with Crippen LogP contribution in [-0.2, 0) is 27.1 Å². The van der Waals surface area contributed by atoms with Crippen LogP contribution in [0.25, 0.3) is 10.9 Å². The van der Waals surface area contributed by atoms with E-state index >= 15 is 0 Å². The summed E-state index contributed by atoms with van der Waals surface area (Å²) in [6.45, 7) is 3.57. The highest BCUT2D eigenvalue weighted by molar-refractivity contribution is 5.83. The number of aromatic nitrogens is 3. The topological polar surface area (TPSA) is 235 Å². The predicted octanol–water partition coefficient (Wildman–Crippen LogP) is 6.52. The number of phenols is 3. The third kappa shape index (κ3) is 10.3. The lowest BCUT2D eigenvalue weighted by molar-refractivity contribution is -0.179. The van der Waals surface area contributed by atoms with Crippen molar-refractivity contribution in [3.8, 4) is 40.6 Å².